The molecule has 0 unspecified atom stereocenters. The van der Waals surface area contributed by atoms with Gasteiger partial charge in [-0.15, -0.1) is 5.10 Å². The van der Waals surface area contributed by atoms with E-state index in [0.29, 0.717) is 0 Å². The van der Waals surface area contributed by atoms with Crippen LogP contribution in [0.4, 0.5) is 0 Å². The lowest BCUT2D eigenvalue weighted by Gasteiger charge is -2.09. The Labute approximate surface area is 103 Å². The molecule has 2 rings (SSSR count). The molecule has 0 saturated heterocycles. The minimum atomic E-state index is -0.707. The maximum Gasteiger partial charge on any atom is 0.287 e. The molecule has 0 fully saturated rings. The van der Waals surface area contributed by atoms with E-state index in [9.17, 15) is 9.90 Å². The normalized spacial score (nSPS) is 12.1. The second kappa shape index (κ2) is 5.39. The number of nitrogens with two attached hydrogens (primary N) is 1. The van der Waals surface area contributed by atoms with Crippen LogP contribution in [0.3, 0.4) is 0 Å². The van der Waals surface area contributed by atoms with Gasteiger partial charge in [-0.2, -0.15) is 0 Å². The van der Waals surface area contributed by atoms with E-state index in [1.54, 1.807) is 0 Å². The number of amides is 1. The molecule has 1 amide bonds. The molecule has 0 spiro atoms. The molecule has 0 aliphatic heterocycles. The molecule has 1 aromatic heterocycles. The highest BCUT2D eigenvalue weighted by Crippen LogP contribution is 2.13. The largest absolute Gasteiger partial charge is 0.386 e. The van der Waals surface area contributed by atoms with E-state index in [-0.39, 0.29) is 12.2 Å². The van der Waals surface area contributed by atoms with Gasteiger partial charge in [0, 0.05) is 0 Å². The highest BCUT2D eigenvalue weighted by atomic mass is 16.3. The molecule has 1 aromatic carbocycles. The average molecular weight is 247 g/mol. The lowest BCUT2D eigenvalue weighted by atomic mass is 10.1. The Balaban J connectivity index is 2.06. The maximum absolute atomic E-state index is 11.2. The number of hydrogen-bond donors (Lipinski definition) is 3. The zero-order chi connectivity index (χ0) is 13.0. The fraction of sp³-hybridized carbons (Fsp3) is 0.182. The van der Waals surface area contributed by atoms with Crippen molar-refractivity contribution in [3.63, 3.8) is 0 Å². The number of nitrogens with one attached hydrogen (secondary N) is 1. The van der Waals surface area contributed by atoms with Crippen molar-refractivity contribution in [2.24, 2.45) is 5.84 Å². The number of aliphatic hydroxyl groups is 1. The number of hydrogen-bond acceptors (Lipinski definition) is 5. The molecule has 1 heterocycles. The standard InChI is InChI=1S/C11H13N5O2/c12-13-11(18)9-6-16(15-14-9)7-10(17)8-4-2-1-3-5-8/h1-6,10,17H,7,12H2,(H,13,18)/t10-/m0/s1. The molecule has 0 saturated carbocycles. The minimum absolute atomic E-state index is 0.109. The first-order valence-electron chi connectivity index (χ1n) is 5.35. The van der Waals surface area contributed by atoms with Crippen LogP contribution < -0.4 is 11.3 Å². The first-order chi connectivity index (χ1) is 8.70. The quantitative estimate of drug-likeness (QED) is 0.388. The molecule has 0 bridgehead atoms. The molecule has 1 atom stereocenters. The predicted octanol–water partition coefficient (Wildman–Crippen LogP) is -0.385. The number of carbonyl (C=O) groups excluding carboxylic acids is 1. The molecule has 7 heteroatoms. The number of aromatic nitrogens is 3. The molecule has 7 nitrogen and oxygen atoms in total. The minimum Gasteiger partial charge on any atom is -0.386 e. The SMILES string of the molecule is NNC(=O)c1cn(C[C@H](O)c2ccccc2)nn1. The van der Waals surface area contributed by atoms with E-state index in [2.05, 4.69) is 10.3 Å². The van der Waals surface area contributed by atoms with Crippen molar-refractivity contribution in [2.75, 3.05) is 0 Å². The van der Waals surface area contributed by atoms with Crippen molar-refractivity contribution >= 4 is 5.91 Å². The Bertz CT molecular complexity index is 525. The van der Waals surface area contributed by atoms with Crippen molar-refractivity contribution in [1.82, 2.24) is 20.4 Å². The summed E-state index contributed by atoms with van der Waals surface area (Å²) < 4.78 is 1.39. The number of carbonyl (C=O) groups is 1. The summed E-state index contributed by atoms with van der Waals surface area (Å²) in [5, 5.41) is 17.3. The van der Waals surface area contributed by atoms with Crippen molar-refractivity contribution < 1.29 is 9.90 Å². The molecule has 2 aromatic rings. The van der Waals surface area contributed by atoms with E-state index >= 15 is 0 Å². The first kappa shape index (κ1) is 12.2. The van der Waals surface area contributed by atoms with Crippen LogP contribution in [0, 0.1) is 0 Å². The molecule has 0 aliphatic carbocycles. The lowest BCUT2D eigenvalue weighted by Crippen LogP contribution is -2.30. The summed E-state index contributed by atoms with van der Waals surface area (Å²) in [6.45, 7) is 0.217. The van der Waals surface area contributed by atoms with Gasteiger partial charge >= 0.3 is 0 Å². The van der Waals surface area contributed by atoms with Gasteiger partial charge in [-0.3, -0.25) is 10.2 Å². The van der Waals surface area contributed by atoms with Crippen LogP contribution in [0.5, 0.6) is 0 Å². The maximum atomic E-state index is 11.2. The Hall–Kier alpha value is -2.25. The summed E-state index contributed by atoms with van der Waals surface area (Å²) in [4.78, 5) is 11.2. The molecule has 0 aliphatic rings. The summed E-state index contributed by atoms with van der Waals surface area (Å²) in [6, 6.07) is 9.18. The van der Waals surface area contributed by atoms with E-state index < -0.39 is 12.0 Å². The average Bonchev–Trinajstić information content (AvgIpc) is 2.87. The highest BCUT2D eigenvalue weighted by Gasteiger charge is 2.12. The fourth-order valence-electron chi connectivity index (χ4n) is 1.52. The van der Waals surface area contributed by atoms with Crippen LogP contribution in [0.1, 0.15) is 22.2 Å². The molecular formula is C11H13N5O2. The number of nitrogen functional groups attached to an aromatic ring is 1. The number of nitrogens with zero attached hydrogens (tertiary/aromatic N) is 3. The summed E-state index contributed by atoms with van der Waals surface area (Å²) in [7, 11) is 0. The van der Waals surface area contributed by atoms with Crippen LogP contribution in [0.15, 0.2) is 36.5 Å². The molecule has 18 heavy (non-hydrogen) atoms. The van der Waals surface area contributed by atoms with Crippen molar-refractivity contribution in [2.45, 2.75) is 12.6 Å². The zero-order valence-corrected chi connectivity index (χ0v) is 9.52. The van der Waals surface area contributed by atoms with E-state index in [1.807, 2.05) is 35.8 Å². The Kier molecular flexibility index (Phi) is 3.66. The van der Waals surface area contributed by atoms with Crippen molar-refractivity contribution in [3.8, 4) is 0 Å². The number of aliphatic hydroxyl groups excluding tert-OH is 1. The molecule has 4 N–H and O–H groups in total. The van der Waals surface area contributed by atoms with Gasteiger partial charge in [0.1, 0.15) is 0 Å². The van der Waals surface area contributed by atoms with Gasteiger partial charge < -0.3 is 5.11 Å². The van der Waals surface area contributed by atoms with Gasteiger partial charge in [-0.25, -0.2) is 10.5 Å². The van der Waals surface area contributed by atoms with Crippen LogP contribution in [-0.4, -0.2) is 26.0 Å². The molecule has 0 radical (unpaired) electrons. The molecule has 94 valence electrons. The van der Waals surface area contributed by atoms with Gasteiger partial charge in [0.15, 0.2) is 5.69 Å². The van der Waals surface area contributed by atoms with E-state index in [0.717, 1.165) is 5.56 Å². The van der Waals surface area contributed by atoms with Gasteiger partial charge in [-0.05, 0) is 5.56 Å². The summed E-state index contributed by atoms with van der Waals surface area (Å²) in [5.41, 5.74) is 2.85. The third-order valence-electron chi connectivity index (χ3n) is 2.45. The van der Waals surface area contributed by atoms with Crippen LogP contribution in [0.25, 0.3) is 0 Å². The fourth-order valence-corrected chi connectivity index (χ4v) is 1.52. The number of benzene rings is 1. The Morgan fingerprint density at radius 2 is 2.17 bits per heavy atom. The third-order valence-corrected chi connectivity index (χ3v) is 2.45. The number of rotatable bonds is 4. The third kappa shape index (κ3) is 2.70. The van der Waals surface area contributed by atoms with Gasteiger partial charge in [-0.1, -0.05) is 35.5 Å². The first-order valence-corrected chi connectivity index (χ1v) is 5.35. The summed E-state index contributed by atoms with van der Waals surface area (Å²) >= 11 is 0. The lowest BCUT2D eigenvalue weighted by molar-refractivity contribution is 0.0948. The van der Waals surface area contributed by atoms with Gasteiger partial charge in [0.05, 0.1) is 18.8 Å². The Morgan fingerprint density at radius 3 is 2.83 bits per heavy atom. The monoisotopic (exact) mass is 247 g/mol. The van der Waals surface area contributed by atoms with Gasteiger partial charge in [0.2, 0.25) is 0 Å². The number of hydrazine groups is 1. The van der Waals surface area contributed by atoms with Gasteiger partial charge in [0.25, 0.3) is 5.91 Å². The van der Waals surface area contributed by atoms with E-state index in [1.165, 1.54) is 10.9 Å². The summed E-state index contributed by atoms with van der Waals surface area (Å²) in [6.07, 6.45) is 0.718. The van der Waals surface area contributed by atoms with Crippen molar-refractivity contribution in [1.29, 1.82) is 0 Å². The van der Waals surface area contributed by atoms with Crippen LogP contribution in [-0.2, 0) is 6.54 Å². The topological polar surface area (TPSA) is 106 Å². The highest BCUT2D eigenvalue weighted by molar-refractivity contribution is 5.91. The predicted molar refractivity (Wildman–Crippen MR) is 63.1 cm³/mol. The summed E-state index contributed by atoms with van der Waals surface area (Å²) in [5.74, 6) is 4.46. The van der Waals surface area contributed by atoms with Crippen LogP contribution >= 0.6 is 0 Å². The second-order valence-electron chi connectivity index (χ2n) is 3.73. The van der Waals surface area contributed by atoms with Crippen molar-refractivity contribution in [3.05, 3.63) is 47.8 Å². The second-order valence-corrected chi connectivity index (χ2v) is 3.73. The Morgan fingerprint density at radius 1 is 1.44 bits per heavy atom. The zero-order valence-electron chi connectivity index (χ0n) is 9.52. The van der Waals surface area contributed by atoms with Crippen LogP contribution in [0.2, 0.25) is 0 Å². The molecular weight excluding hydrogens is 234 g/mol. The smallest absolute Gasteiger partial charge is 0.287 e. The van der Waals surface area contributed by atoms with E-state index in [4.69, 9.17) is 5.84 Å².